The molecule has 0 spiro atoms. The number of anilines is 1. The minimum Gasteiger partial charge on any atom is -0.365 e. The van der Waals surface area contributed by atoms with E-state index in [0.717, 1.165) is 12.1 Å². The number of carbonyl (C=O) groups excluding carboxylic acids is 2. The van der Waals surface area contributed by atoms with Crippen molar-refractivity contribution in [1.29, 1.82) is 0 Å². The molecule has 0 heterocycles. The number of amides is 1. The van der Waals surface area contributed by atoms with Crippen molar-refractivity contribution in [2.75, 3.05) is 25.0 Å². The average molecular weight is 288 g/mol. The quantitative estimate of drug-likeness (QED) is 0.844. The molecule has 0 aromatic heterocycles. The highest BCUT2D eigenvalue weighted by atomic mass is 19.4. The summed E-state index contributed by atoms with van der Waals surface area (Å²) in [6.07, 6.45) is -4.45. The second kappa shape index (κ2) is 6.40. The maximum absolute atomic E-state index is 12.8. The number of rotatable bonds is 5. The maximum Gasteiger partial charge on any atom is 0.417 e. The van der Waals surface area contributed by atoms with E-state index in [4.69, 9.17) is 0 Å². The van der Waals surface area contributed by atoms with E-state index in [-0.39, 0.29) is 24.4 Å². The van der Waals surface area contributed by atoms with Crippen LogP contribution < -0.4 is 10.2 Å². The van der Waals surface area contributed by atoms with Gasteiger partial charge in [-0.2, -0.15) is 13.2 Å². The van der Waals surface area contributed by atoms with Gasteiger partial charge in [0.15, 0.2) is 6.29 Å². The summed E-state index contributed by atoms with van der Waals surface area (Å²) in [4.78, 5) is 23.4. The highest BCUT2D eigenvalue weighted by molar-refractivity contribution is 5.82. The lowest BCUT2D eigenvalue weighted by Gasteiger charge is -2.20. The maximum atomic E-state index is 12.8. The van der Waals surface area contributed by atoms with Gasteiger partial charge in [0.2, 0.25) is 5.91 Å². The number of nitrogens with one attached hydrogen (secondary N) is 1. The smallest absolute Gasteiger partial charge is 0.365 e. The average Bonchev–Trinajstić information content (AvgIpc) is 2.37. The van der Waals surface area contributed by atoms with Crippen LogP contribution in [0.25, 0.3) is 0 Å². The Labute approximate surface area is 114 Å². The Kier molecular flexibility index (Phi) is 5.12. The van der Waals surface area contributed by atoms with Crippen LogP contribution in [-0.2, 0) is 11.0 Å². The topological polar surface area (TPSA) is 49.4 Å². The fourth-order valence-corrected chi connectivity index (χ4v) is 1.69. The predicted octanol–water partition coefficient (Wildman–Crippen LogP) is 2.09. The molecule has 1 N–H and O–H groups in total. The first-order chi connectivity index (χ1) is 9.29. The van der Waals surface area contributed by atoms with Crippen LogP contribution in [-0.4, -0.2) is 32.3 Å². The van der Waals surface area contributed by atoms with E-state index >= 15 is 0 Å². The monoisotopic (exact) mass is 288 g/mol. The summed E-state index contributed by atoms with van der Waals surface area (Å²) in [5.74, 6) is -0.289. The largest absolute Gasteiger partial charge is 0.417 e. The summed E-state index contributed by atoms with van der Waals surface area (Å²) in [5, 5.41) is 2.55. The number of halogens is 3. The lowest BCUT2D eigenvalue weighted by molar-refractivity contribution is -0.137. The minimum absolute atomic E-state index is 0.0639. The van der Waals surface area contributed by atoms with Gasteiger partial charge in [0.05, 0.1) is 12.1 Å². The zero-order chi connectivity index (χ0) is 15.3. The number of hydrogen-bond donors (Lipinski definition) is 1. The van der Waals surface area contributed by atoms with Gasteiger partial charge >= 0.3 is 6.18 Å². The summed E-state index contributed by atoms with van der Waals surface area (Å²) in [7, 11) is 1.51. The molecule has 0 aliphatic rings. The predicted molar refractivity (Wildman–Crippen MR) is 68.8 cm³/mol. The van der Waals surface area contributed by atoms with Crippen LogP contribution in [0.1, 0.15) is 22.8 Å². The van der Waals surface area contributed by atoms with Crippen LogP contribution in [0.4, 0.5) is 18.9 Å². The first-order valence-corrected chi connectivity index (χ1v) is 5.93. The van der Waals surface area contributed by atoms with Crippen molar-refractivity contribution in [2.24, 2.45) is 0 Å². The second-order valence-corrected chi connectivity index (χ2v) is 4.20. The van der Waals surface area contributed by atoms with Gasteiger partial charge in [-0.3, -0.25) is 9.59 Å². The third-order valence-electron chi connectivity index (χ3n) is 2.66. The number of nitrogens with zero attached hydrogens (tertiary/aromatic N) is 1. The molecule has 0 aliphatic carbocycles. The minimum atomic E-state index is -4.61. The fourth-order valence-electron chi connectivity index (χ4n) is 1.69. The third-order valence-corrected chi connectivity index (χ3v) is 2.66. The summed E-state index contributed by atoms with van der Waals surface area (Å²) < 4.78 is 38.4. The Morgan fingerprint density at radius 2 is 2.05 bits per heavy atom. The van der Waals surface area contributed by atoms with Gasteiger partial charge < -0.3 is 10.2 Å². The summed E-state index contributed by atoms with van der Waals surface area (Å²) >= 11 is 0. The molecule has 0 unspecified atom stereocenters. The molecule has 0 saturated carbocycles. The third kappa shape index (κ3) is 3.97. The zero-order valence-electron chi connectivity index (χ0n) is 11.1. The van der Waals surface area contributed by atoms with Gasteiger partial charge in [-0.25, -0.2) is 0 Å². The standard InChI is InChI=1S/C13H15F3N2O2/c1-3-17-12(20)7-18(2)10-5-4-9(8-19)11(6-10)13(14,15)16/h4-6,8H,3,7H2,1-2H3,(H,17,20). The van der Waals surface area contributed by atoms with E-state index in [1.807, 2.05) is 0 Å². The molecule has 0 fully saturated rings. The molecule has 4 nitrogen and oxygen atoms in total. The molecule has 110 valence electrons. The summed E-state index contributed by atoms with van der Waals surface area (Å²) in [6.45, 7) is 2.13. The van der Waals surface area contributed by atoms with Crippen LogP contribution in [0.5, 0.6) is 0 Å². The van der Waals surface area contributed by atoms with Gasteiger partial charge in [0.1, 0.15) is 0 Å². The molecule has 0 bridgehead atoms. The van der Waals surface area contributed by atoms with Gasteiger partial charge in [-0.15, -0.1) is 0 Å². The van der Waals surface area contributed by atoms with Gasteiger partial charge in [0, 0.05) is 24.8 Å². The van der Waals surface area contributed by atoms with E-state index in [2.05, 4.69) is 5.32 Å². The Bertz CT molecular complexity index is 501. The number of benzene rings is 1. The number of alkyl halides is 3. The van der Waals surface area contributed by atoms with E-state index < -0.39 is 17.3 Å². The highest BCUT2D eigenvalue weighted by Gasteiger charge is 2.33. The van der Waals surface area contributed by atoms with Crippen LogP contribution in [0.2, 0.25) is 0 Å². The molecule has 1 aromatic carbocycles. The summed E-state index contributed by atoms with van der Waals surface area (Å²) in [5.41, 5.74) is -1.21. The van der Waals surface area contributed by atoms with Crippen molar-refractivity contribution in [2.45, 2.75) is 13.1 Å². The highest BCUT2D eigenvalue weighted by Crippen LogP contribution is 2.33. The van der Waals surface area contributed by atoms with Crippen molar-refractivity contribution in [3.8, 4) is 0 Å². The van der Waals surface area contributed by atoms with Crippen LogP contribution in [0.15, 0.2) is 18.2 Å². The Hall–Kier alpha value is -2.05. The van der Waals surface area contributed by atoms with Crippen molar-refractivity contribution >= 4 is 17.9 Å². The van der Waals surface area contributed by atoms with E-state index in [1.54, 1.807) is 6.92 Å². The SMILES string of the molecule is CCNC(=O)CN(C)c1ccc(C=O)c(C(F)(F)F)c1. The Morgan fingerprint density at radius 3 is 2.55 bits per heavy atom. The van der Waals surface area contributed by atoms with E-state index in [9.17, 15) is 22.8 Å². The van der Waals surface area contributed by atoms with Crippen molar-refractivity contribution < 1.29 is 22.8 Å². The molecule has 20 heavy (non-hydrogen) atoms. The molecular weight excluding hydrogens is 273 g/mol. The lowest BCUT2D eigenvalue weighted by atomic mass is 10.1. The molecule has 1 amide bonds. The van der Waals surface area contributed by atoms with Crippen molar-refractivity contribution in [3.63, 3.8) is 0 Å². The Balaban J connectivity index is 3.02. The van der Waals surface area contributed by atoms with Gasteiger partial charge in [0.25, 0.3) is 0 Å². The number of hydrogen-bond acceptors (Lipinski definition) is 3. The molecular formula is C13H15F3N2O2. The molecule has 1 rings (SSSR count). The first-order valence-electron chi connectivity index (χ1n) is 5.93. The first kappa shape index (κ1) is 16.0. The molecule has 1 aromatic rings. The van der Waals surface area contributed by atoms with Crippen molar-refractivity contribution in [1.82, 2.24) is 5.32 Å². The molecule has 0 radical (unpaired) electrons. The Morgan fingerprint density at radius 1 is 1.40 bits per heavy atom. The van der Waals surface area contributed by atoms with Crippen molar-refractivity contribution in [3.05, 3.63) is 29.3 Å². The molecule has 7 heteroatoms. The summed E-state index contributed by atoms with van der Waals surface area (Å²) in [6, 6.07) is 3.33. The normalized spacial score (nSPS) is 11.1. The fraction of sp³-hybridized carbons (Fsp3) is 0.385. The van der Waals surface area contributed by atoms with E-state index in [1.165, 1.54) is 18.0 Å². The van der Waals surface area contributed by atoms with Crippen LogP contribution in [0, 0.1) is 0 Å². The van der Waals surface area contributed by atoms with Crippen LogP contribution >= 0.6 is 0 Å². The number of likely N-dealkylation sites (N-methyl/N-ethyl adjacent to an activating group) is 2. The molecule has 0 saturated heterocycles. The zero-order valence-corrected chi connectivity index (χ0v) is 11.1. The molecule has 0 aliphatic heterocycles. The van der Waals surface area contributed by atoms with Crippen LogP contribution in [0.3, 0.4) is 0 Å². The molecule has 0 atom stereocenters. The second-order valence-electron chi connectivity index (χ2n) is 4.20. The number of carbonyl (C=O) groups is 2. The lowest BCUT2D eigenvalue weighted by Crippen LogP contribution is -2.35. The van der Waals surface area contributed by atoms with Gasteiger partial charge in [-0.1, -0.05) is 0 Å². The number of aldehydes is 1. The van der Waals surface area contributed by atoms with Gasteiger partial charge in [-0.05, 0) is 25.1 Å². The van der Waals surface area contributed by atoms with E-state index in [0.29, 0.717) is 6.54 Å².